The zero-order valence-corrected chi connectivity index (χ0v) is 25.7. The van der Waals surface area contributed by atoms with Crippen LogP contribution in [0.1, 0.15) is 16.7 Å². The maximum absolute atomic E-state index is 3.64. The van der Waals surface area contributed by atoms with Gasteiger partial charge in [0.15, 0.2) is 0 Å². The lowest BCUT2D eigenvalue weighted by Crippen LogP contribution is -2.13. The largest absolute Gasteiger partial charge is 0.310 e. The fraction of sp³-hybridized carbons (Fsp3) is 0. The van der Waals surface area contributed by atoms with E-state index in [9.17, 15) is 0 Å². The van der Waals surface area contributed by atoms with Gasteiger partial charge < -0.3 is 4.90 Å². The van der Waals surface area contributed by atoms with Gasteiger partial charge in [0.1, 0.15) is 0 Å². The van der Waals surface area contributed by atoms with E-state index in [1.807, 2.05) is 0 Å². The molecule has 7 aromatic rings. The van der Waals surface area contributed by atoms with Gasteiger partial charge in [-0.15, -0.1) is 0 Å². The molecule has 7 aromatic carbocycles. The highest BCUT2D eigenvalue weighted by atomic mass is 79.9. The van der Waals surface area contributed by atoms with Gasteiger partial charge in [0.25, 0.3) is 0 Å². The molecule has 0 radical (unpaired) electrons. The highest BCUT2D eigenvalue weighted by Crippen LogP contribution is 2.45. The third kappa shape index (κ3) is 5.73. The molecule has 0 saturated carbocycles. The Morgan fingerprint density at radius 2 is 1.07 bits per heavy atom. The third-order valence-corrected chi connectivity index (χ3v) is 8.38. The predicted octanol–water partition coefficient (Wildman–Crippen LogP) is 12.3. The van der Waals surface area contributed by atoms with Crippen LogP contribution in [0.4, 0.5) is 17.1 Å². The van der Waals surface area contributed by atoms with E-state index in [1.54, 1.807) is 0 Å². The summed E-state index contributed by atoms with van der Waals surface area (Å²) in [7, 11) is 0. The van der Waals surface area contributed by atoms with Gasteiger partial charge in [0.2, 0.25) is 0 Å². The van der Waals surface area contributed by atoms with Crippen molar-refractivity contribution in [1.82, 2.24) is 0 Å². The summed E-state index contributed by atoms with van der Waals surface area (Å²) in [5.74, 6) is 0. The molecule has 0 fully saturated rings. The molecule has 1 nitrogen and oxygen atoms in total. The lowest BCUT2D eigenvalue weighted by atomic mass is 9.87. The van der Waals surface area contributed by atoms with Crippen LogP contribution in [0.5, 0.6) is 0 Å². The van der Waals surface area contributed by atoms with Crippen molar-refractivity contribution in [2.75, 3.05) is 4.90 Å². The van der Waals surface area contributed by atoms with E-state index >= 15 is 0 Å². The van der Waals surface area contributed by atoms with Crippen molar-refractivity contribution in [3.8, 4) is 11.1 Å². The van der Waals surface area contributed by atoms with Gasteiger partial charge in [-0.25, -0.2) is 0 Å². The molecule has 0 aromatic heterocycles. The van der Waals surface area contributed by atoms with Crippen LogP contribution in [0.2, 0.25) is 0 Å². The minimum atomic E-state index is 1.08. The summed E-state index contributed by atoms with van der Waals surface area (Å²) in [6.07, 6.45) is 2.32. The Balaban J connectivity index is 1.57. The first-order valence-electron chi connectivity index (χ1n) is 14.8. The van der Waals surface area contributed by atoms with Crippen LogP contribution in [-0.2, 0) is 0 Å². The number of benzene rings is 7. The molecule has 0 heterocycles. The van der Waals surface area contributed by atoms with Crippen molar-refractivity contribution >= 4 is 55.4 Å². The second kappa shape index (κ2) is 12.6. The zero-order valence-electron chi connectivity index (χ0n) is 24.1. The Bertz CT molecular complexity index is 2010. The topological polar surface area (TPSA) is 3.24 Å². The molecule has 0 amide bonds. The molecule has 0 N–H and O–H groups in total. The Morgan fingerprint density at radius 1 is 0.500 bits per heavy atom. The Labute approximate surface area is 267 Å². The van der Waals surface area contributed by atoms with Gasteiger partial charge in [-0.2, -0.15) is 0 Å². The second-order valence-corrected chi connectivity index (χ2v) is 11.7. The lowest BCUT2D eigenvalue weighted by Gasteiger charge is -2.30. The van der Waals surface area contributed by atoms with E-state index in [0.717, 1.165) is 38.2 Å². The molecule has 0 aliphatic heterocycles. The number of para-hydroxylation sites is 2. The molecule has 2 heteroatoms. The van der Waals surface area contributed by atoms with Crippen LogP contribution < -0.4 is 4.90 Å². The molecule has 0 aliphatic carbocycles. The van der Waals surface area contributed by atoms with Crippen LogP contribution in [0, 0.1) is 0 Å². The van der Waals surface area contributed by atoms with E-state index in [2.05, 4.69) is 203 Å². The van der Waals surface area contributed by atoms with Crippen molar-refractivity contribution in [2.45, 2.75) is 0 Å². The number of nitrogens with zero attached hydrogens (tertiary/aromatic N) is 1. The summed E-state index contributed by atoms with van der Waals surface area (Å²) in [6.45, 7) is 0. The Kier molecular flexibility index (Phi) is 7.91. The van der Waals surface area contributed by atoms with E-state index in [-0.39, 0.29) is 0 Å². The summed E-state index contributed by atoms with van der Waals surface area (Å²) >= 11 is 3.64. The van der Waals surface area contributed by atoms with Crippen molar-refractivity contribution < 1.29 is 0 Å². The SMILES string of the molecule is Brc1ccc2cc(-c3cccc(N(c4ccccc4)c4ccccc4)c3C(=Cc3ccccc3)c3ccccc3)ccc2c1. The number of hydrogen-bond donors (Lipinski definition) is 0. The average Bonchev–Trinajstić information content (AvgIpc) is 3.09. The van der Waals surface area contributed by atoms with E-state index in [1.165, 1.54) is 27.5 Å². The molecule has 0 aliphatic rings. The highest BCUT2D eigenvalue weighted by Gasteiger charge is 2.22. The smallest absolute Gasteiger partial charge is 0.0546 e. The van der Waals surface area contributed by atoms with Gasteiger partial charge in [-0.1, -0.05) is 143 Å². The van der Waals surface area contributed by atoms with Crippen molar-refractivity contribution in [1.29, 1.82) is 0 Å². The lowest BCUT2D eigenvalue weighted by molar-refractivity contribution is 1.27. The molecule has 0 atom stereocenters. The maximum Gasteiger partial charge on any atom is 0.0546 e. The number of hydrogen-bond acceptors (Lipinski definition) is 1. The molecule has 0 bridgehead atoms. The van der Waals surface area contributed by atoms with Crippen LogP contribution in [0.15, 0.2) is 180 Å². The molecular weight excluding hydrogens is 598 g/mol. The maximum atomic E-state index is 3.64. The predicted molar refractivity (Wildman–Crippen MR) is 192 cm³/mol. The van der Waals surface area contributed by atoms with Gasteiger partial charge >= 0.3 is 0 Å². The molecule has 44 heavy (non-hydrogen) atoms. The van der Waals surface area contributed by atoms with E-state index in [4.69, 9.17) is 0 Å². The summed E-state index contributed by atoms with van der Waals surface area (Å²) in [5.41, 5.74) is 10.3. The van der Waals surface area contributed by atoms with Crippen molar-refractivity contribution in [3.05, 3.63) is 197 Å². The summed E-state index contributed by atoms with van der Waals surface area (Å²) in [5, 5.41) is 2.41. The fourth-order valence-corrected chi connectivity index (χ4v) is 6.23. The monoisotopic (exact) mass is 627 g/mol. The Morgan fingerprint density at radius 3 is 1.73 bits per heavy atom. The van der Waals surface area contributed by atoms with Gasteiger partial charge in [0.05, 0.1) is 5.69 Å². The average molecular weight is 629 g/mol. The van der Waals surface area contributed by atoms with Crippen molar-refractivity contribution in [3.63, 3.8) is 0 Å². The van der Waals surface area contributed by atoms with Gasteiger partial charge in [0, 0.05) is 21.4 Å². The molecule has 210 valence electrons. The standard InChI is InChI=1S/C42H30BrN/c43-36-27-26-33-29-35(25-24-34(33)30-36)39-22-13-23-41(44(37-18-9-3-10-19-37)38-20-11-4-12-21-38)42(39)40(32-16-7-2-8-17-32)28-31-14-5-1-6-15-31/h1-30H. The summed E-state index contributed by atoms with van der Waals surface area (Å²) < 4.78 is 1.08. The number of anilines is 3. The van der Waals surface area contributed by atoms with Crippen LogP contribution in [0.25, 0.3) is 33.5 Å². The minimum absolute atomic E-state index is 1.08. The zero-order chi connectivity index (χ0) is 29.7. The Hall–Kier alpha value is -5.18. The molecule has 0 spiro atoms. The number of fused-ring (bicyclic) bond motifs is 1. The first-order valence-corrected chi connectivity index (χ1v) is 15.6. The van der Waals surface area contributed by atoms with E-state index < -0.39 is 0 Å². The first-order chi connectivity index (χ1) is 21.7. The molecule has 0 saturated heterocycles. The van der Waals surface area contributed by atoms with Gasteiger partial charge in [-0.05, 0) is 93.2 Å². The minimum Gasteiger partial charge on any atom is -0.310 e. The highest BCUT2D eigenvalue weighted by molar-refractivity contribution is 9.10. The van der Waals surface area contributed by atoms with Crippen LogP contribution in [-0.4, -0.2) is 0 Å². The summed E-state index contributed by atoms with van der Waals surface area (Å²) in [4.78, 5) is 2.37. The quantitative estimate of drug-likeness (QED) is 0.159. The van der Waals surface area contributed by atoms with Crippen LogP contribution in [0.3, 0.4) is 0 Å². The number of halogens is 1. The molecular formula is C42H30BrN. The second-order valence-electron chi connectivity index (χ2n) is 10.7. The fourth-order valence-electron chi connectivity index (χ4n) is 5.85. The molecule has 7 rings (SSSR count). The number of rotatable bonds is 7. The van der Waals surface area contributed by atoms with Gasteiger partial charge in [-0.3, -0.25) is 0 Å². The third-order valence-electron chi connectivity index (χ3n) is 7.89. The molecule has 0 unspecified atom stereocenters. The normalized spacial score (nSPS) is 11.4. The van der Waals surface area contributed by atoms with Crippen LogP contribution >= 0.6 is 15.9 Å². The van der Waals surface area contributed by atoms with Crippen molar-refractivity contribution in [2.24, 2.45) is 0 Å². The summed E-state index contributed by atoms with van der Waals surface area (Å²) in [6, 6.07) is 62.6. The van der Waals surface area contributed by atoms with E-state index in [0.29, 0.717) is 0 Å². The first kappa shape index (κ1) is 27.6.